The van der Waals surface area contributed by atoms with Gasteiger partial charge in [0.15, 0.2) is 0 Å². The average molecular weight is 348 g/mol. The fourth-order valence-corrected chi connectivity index (χ4v) is 1.38. The van der Waals surface area contributed by atoms with E-state index in [9.17, 15) is 39.5 Å². The van der Waals surface area contributed by atoms with Crippen LogP contribution < -0.4 is 5.73 Å². The van der Waals surface area contributed by atoms with E-state index in [4.69, 9.17) is 0 Å². The summed E-state index contributed by atoms with van der Waals surface area (Å²) >= 11 is 0. The first-order valence-electron chi connectivity index (χ1n) is 4.86. The normalized spacial score (nSPS) is 14.6. The molecule has 2 N–H and O–H groups in total. The quantitative estimate of drug-likeness (QED) is 0.785. The highest BCUT2D eigenvalue weighted by molar-refractivity contribution is 5.85. The van der Waals surface area contributed by atoms with Crippen molar-refractivity contribution in [2.75, 3.05) is 0 Å². The zero-order valence-electron chi connectivity index (χ0n) is 9.70. The maximum atomic E-state index is 13.4. The Bertz CT molecular complexity index is 494. The molecule has 0 amide bonds. The van der Waals surface area contributed by atoms with Crippen molar-refractivity contribution in [3.8, 4) is 0 Å². The van der Waals surface area contributed by atoms with Crippen molar-refractivity contribution in [3.05, 3.63) is 35.1 Å². The van der Waals surface area contributed by atoms with Crippen LogP contribution in [0.2, 0.25) is 0 Å². The molecule has 0 aliphatic heterocycles. The van der Waals surface area contributed by atoms with E-state index in [2.05, 4.69) is 5.73 Å². The smallest absolute Gasteiger partial charge is 0.319 e. The van der Waals surface area contributed by atoms with Crippen molar-refractivity contribution in [1.82, 2.24) is 0 Å². The molecule has 0 heterocycles. The molecule has 0 spiro atoms. The standard InChI is InChI=1S/C10H6F9N.ClH/c11-6-4(2-1-3-5(6)9(14,15)16)7(20)8(12,13)10(17,18)19;/h1-3,7H,20H2;1H/t7-;/m1./s1. The fourth-order valence-electron chi connectivity index (χ4n) is 1.38. The van der Waals surface area contributed by atoms with Gasteiger partial charge in [0.2, 0.25) is 0 Å². The van der Waals surface area contributed by atoms with Crippen LogP contribution in [-0.2, 0) is 6.18 Å². The molecule has 0 bridgehead atoms. The van der Waals surface area contributed by atoms with Crippen molar-refractivity contribution in [2.24, 2.45) is 5.73 Å². The Morgan fingerprint density at radius 1 is 0.905 bits per heavy atom. The van der Waals surface area contributed by atoms with Gasteiger partial charge in [0, 0.05) is 5.56 Å². The first-order chi connectivity index (χ1) is 8.80. The second-order valence-electron chi connectivity index (χ2n) is 3.80. The van der Waals surface area contributed by atoms with Crippen LogP contribution in [0, 0.1) is 5.82 Å². The van der Waals surface area contributed by atoms with Gasteiger partial charge in [-0.15, -0.1) is 12.4 Å². The van der Waals surface area contributed by atoms with Crippen LogP contribution >= 0.6 is 12.4 Å². The maximum absolute atomic E-state index is 13.4. The summed E-state index contributed by atoms with van der Waals surface area (Å²) in [5.74, 6) is -7.82. The third-order valence-corrected chi connectivity index (χ3v) is 2.44. The summed E-state index contributed by atoms with van der Waals surface area (Å²) in [5.41, 5.74) is 1.06. The Kier molecular flexibility index (Phi) is 5.59. The van der Waals surface area contributed by atoms with E-state index in [1.54, 1.807) is 0 Å². The maximum Gasteiger partial charge on any atom is 0.455 e. The molecule has 1 nitrogen and oxygen atoms in total. The Balaban J connectivity index is 0.00000400. The van der Waals surface area contributed by atoms with Gasteiger partial charge in [-0.2, -0.15) is 35.1 Å². The number of benzene rings is 1. The molecule has 11 heteroatoms. The Labute approximate surface area is 118 Å². The van der Waals surface area contributed by atoms with Crippen LogP contribution in [0.4, 0.5) is 39.5 Å². The number of nitrogens with two attached hydrogens (primary N) is 1. The molecular weight excluding hydrogens is 341 g/mol. The number of halogens is 10. The SMILES string of the molecule is Cl.N[C@H](c1cccc(C(F)(F)F)c1F)C(F)(F)C(F)(F)F. The van der Waals surface area contributed by atoms with Crippen molar-refractivity contribution in [3.63, 3.8) is 0 Å². The lowest BCUT2D eigenvalue weighted by Gasteiger charge is -2.26. The van der Waals surface area contributed by atoms with E-state index in [-0.39, 0.29) is 18.5 Å². The summed E-state index contributed by atoms with van der Waals surface area (Å²) in [6.07, 6.45) is -11.4. The Hall–Kier alpha value is -1.16. The fraction of sp³-hybridized carbons (Fsp3) is 0.400. The Morgan fingerprint density at radius 3 is 1.76 bits per heavy atom. The van der Waals surface area contributed by atoms with Gasteiger partial charge in [-0.25, -0.2) is 4.39 Å². The van der Waals surface area contributed by atoms with E-state index < -0.39 is 41.3 Å². The molecule has 0 fully saturated rings. The van der Waals surface area contributed by atoms with Crippen LogP contribution in [0.15, 0.2) is 18.2 Å². The molecule has 0 aliphatic rings. The second kappa shape index (κ2) is 5.91. The van der Waals surface area contributed by atoms with Crippen molar-refractivity contribution >= 4 is 12.4 Å². The minimum atomic E-state index is -6.12. The van der Waals surface area contributed by atoms with Gasteiger partial charge in [0.25, 0.3) is 0 Å². The van der Waals surface area contributed by atoms with Crippen LogP contribution in [0.5, 0.6) is 0 Å². The van der Waals surface area contributed by atoms with Crippen molar-refractivity contribution in [1.29, 1.82) is 0 Å². The molecular formula is C10H7ClF9N. The second-order valence-corrected chi connectivity index (χ2v) is 3.80. The molecule has 0 aromatic heterocycles. The summed E-state index contributed by atoms with van der Waals surface area (Å²) < 4.78 is 112. The van der Waals surface area contributed by atoms with Gasteiger partial charge in [-0.05, 0) is 6.07 Å². The molecule has 1 aromatic rings. The van der Waals surface area contributed by atoms with Crippen LogP contribution in [0.1, 0.15) is 17.2 Å². The van der Waals surface area contributed by atoms with E-state index >= 15 is 0 Å². The first kappa shape index (κ1) is 19.8. The summed E-state index contributed by atoms with van der Waals surface area (Å²) in [7, 11) is 0. The van der Waals surface area contributed by atoms with Gasteiger partial charge in [-0.3, -0.25) is 0 Å². The summed E-state index contributed by atoms with van der Waals surface area (Å²) in [5, 5.41) is 0. The lowest BCUT2D eigenvalue weighted by atomic mass is 9.98. The molecule has 1 rings (SSSR count). The molecule has 0 saturated heterocycles. The largest absolute Gasteiger partial charge is 0.455 e. The number of rotatable bonds is 2. The van der Waals surface area contributed by atoms with Crippen LogP contribution in [0.3, 0.4) is 0 Å². The van der Waals surface area contributed by atoms with E-state index in [1.807, 2.05) is 0 Å². The summed E-state index contributed by atoms with van der Waals surface area (Å²) in [6, 6.07) is -2.25. The minimum absolute atomic E-state index is 0. The van der Waals surface area contributed by atoms with E-state index in [0.29, 0.717) is 12.1 Å². The van der Waals surface area contributed by atoms with Gasteiger partial charge >= 0.3 is 18.3 Å². The highest BCUT2D eigenvalue weighted by Gasteiger charge is 2.62. The lowest BCUT2D eigenvalue weighted by Crippen LogP contribution is -2.46. The third kappa shape index (κ3) is 3.73. The summed E-state index contributed by atoms with van der Waals surface area (Å²) in [4.78, 5) is 0. The first-order valence-corrected chi connectivity index (χ1v) is 4.86. The topological polar surface area (TPSA) is 26.0 Å². The minimum Gasteiger partial charge on any atom is -0.319 e. The Morgan fingerprint density at radius 2 is 1.38 bits per heavy atom. The third-order valence-electron chi connectivity index (χ3n) is 2.44. The zero-order valence-corrected chi connectivity index (χ0v) is 10.5. The lowest BCUT2D eigenvalue weighted by molar-refractivity contribution is -0.291. The number of hydrogen-bond acceptors (Lipinski definition) is 1. The molecule has 0 aliphatic carbocycles. The highest BCUT2D eigenvalue weighted by Crippen LogP contribution is 2.44. The van der Waals surface area contributed by atoms with E-state index in [1.165, 1.54) is 0 Å². The van der Waals surface area contributed by atoms with Crippen LogP contribution in [0.25, 0.3) is 0 Å². The molecule has 1 aromatic carbocycles. The number of hydrogen-bond donors (Lipinski definition) is 1. The number of alkyl halides is 8. The van der Waals surface area contributed by atoms with Gasteiger partial charge in [0.05, 0.1) is 5.56 Å². The zero-order chi connectivity index (χ0) is 15.9. The molecule has 122 valence electrons. The van der Waals surface area contributed by atoms with Gasteiger partial charge in [-0.1, -0.05) is 12.1 Å². The van der Waals surface area contributed by atoms with Gasteiger partial charge in [0.1, 0.15) is 11.9 Å². The van der Waals surface area contributed by atoms with Crippen LogP contribution in [-0.4, -0.2) is 12.1 Å². The summed E-state index contributed by atoms with van der Waals surface area (Å²) in [6.45, 7) is 0. The molecule has 0 saturated carbocycles. The molecule has 0 radical (unpaired) electrons. The van der Waals surface area contributed by atoms with Crippen molar-refractivity contribution in [2.45, 2.75) is 24.3 Å². The molecule has 21 heavy (non-hydrogen) atoms. The van der Waals surface area contributed by atoms with Crippen molar-refractivity contribution < 1.29 is 39.5 Å². The molecule has 0 unspecified atom stereocenters. The average Bonchev–Trinajstić information content (AvgIpc) is 2.25. The predicted octanol–water partition coefficient (Wildman–Crippen LogP) is 4.46. The highest BCUT2D eigenvalue weighted by atomic mass is 35.5. The molecule has 1 atom stereocenters. The monoisotopic (exact) mass is 347 g/mol. The van der Waals surface area contributed by atoms with Gasteiger partial charge < -0.3 is 5.73 Å². The van der Waals surface area contributed by atoms with E-state index in [0.717, 1.165) is 0 Å². The predicted molar refractivity (Wildman–Crippen MR) is 56.6 cm³/mol.